The lowest BCUT2D eigenvalue weighted by Gasteiger charge is -2.10. The highest BCUT2D eigenvalue weighted by molar-refractivity contribution is 7.09. The van der Waals surface area contributed by atoms with Gasteiger partial charge in [-0.3, -0.25) is 0 Å². The minimum Gasteiger partial charge on any atom is -0.388 e. The van der Waals surface area contributed by atoms with Crippen LogP contribution in [0.25, 0.3) is 0 Å². The first-order chi connectivity index (χ1) is 7.66. The van der Waals surface area contributed by atoms with Gasteiger partial charge in [0, 0.05) is 11.3 Å². The number of aliphatic hydroxyl groups is 1. The predicted molar refractivity (Wildman–Crippen MR) is 69.4 cm³/mol. The number of aliphatic hydroxyl groups excluding tert-OH is 1. The van der Waals surface area contributed by atoms with Crippen molar-refractivity contribution >= 4 is 34.5 Å². The molecular formula is C12H10Cl2OS. The third kappa shape index (κ3) is 2.77. The van der Waals surface area contributed by atoms with Crippen molar-refractivity contribution in [3.05, 3.63) is 56.2 Å². The number of benzene rings is 1. The topological polar surface area (TPSA) is 20.2 Å². The van der Waals surface area contributed by atoms with Crippen LogP contribution in [-0.4, -0.2) is 5.11 Å². The van der Waals surface area contributed by atoms with E-state index < -0.39 is 6.10 Å². The van der Waals surface area contributed by atoms with Crippen molar-refractivity contribution in [1.29, 1.82) is 0 Å². The zero-order valence-electron chi connectivity index (χ0n) is 8.36. The van der Waals surface area contributed by atoms with Gasteiger partial charge in [0.25, 0.3) is 0 Å². The van der Waals surface area contributed by atoms with Crippen molar-refractivity contribution in [2.45, 2.75) is 12.5 Å². The molecule has 1 atom stereocenters. The van der Waals surface area contributed by atoms with Crippen LogP contribution >= 0.6 is 34.5 Å². The van der Waals surface area contributed by atoms with Gasteiger partial charge in [-0.15, -0.1) is 11.3 Å². The largest absolute Gasteiger partial charge is 0.388 e. The van der Waals surface area contributed by atoms with Crippen LogP contribution in [0.2, 0.25) is 10.0 Å². The van der Waals surface area contributed by atoms with Gasteiger partial charge in [0.2, 0.25) is 0 Å². The maximum absolute atomic E-state index is 10.0. The average Bonchev–Trinajstić information content (AvgIpc) is 2.74. The number of hydrogen-bond donors (Lipinski definition) is 1. The van der Waals surface area contributed by atoms with Crippen molar-refractivity contribution in [2.75, 3.05) is 0 Å². The summed E-state index contributed by atoms with van der Waals surface area (Å²) in [6.07, 6.45) is 0.0729. The molecule has 1 unspecified atom stereocenters. The van der Waals surface area contributed by atoms with Gasteiger partial charge in [-0.2, -0.15) is 0 Å². The number of thiophene rings is 1. The molecule has 16 heavy (non-hydrogen) atoms. The third-order valence-electron chi connectivity index (χ3n) is 2.30. The molecule has 0 amide bonds. The predicted octanol–water partition coefficient (Wildman–Crippen LogP) is 4.33. The van der Waals surface area contributed by atoms with Gasteiger partial charge in [0.15, 0.2) is 0 Å². The van der Waals surface area contributed by atoms with E-state index in [9.17, 15) is 5.11 Å². The first-order valence-electron chi connectivity index (χ1n) is 4.82. The molecule has 1 nitrogen and oxygen atoms in total. The Morgan fingerprint density at radius 3 is 2.62 bits per heavy atom. The summed E-state index contributed by atoms with van der Waals surface area (Å²) in [6.45, 7) is 0. The van der Waals surface area contributed by atoms with E-state index in [0.717, 1.165) is 10.4 Å². The second-order valence-corrected chi connectivity index (χ2v) is 5.32. The monoisotopic (exact) mass is 272 g/mol. The van der Waals surface area contributed by atoms with Gasteiger partial charge in [0.05, 0.1) is 16.1 Å². The van der Waals surface area contributed by atoms with E-state index in [1.165, 1.54) is 0 Å². The summed E-state index contributed by atoms with van der Waals surface area (Å²) in [7, 11) is 0. The summed E-state index contributed by atoms with van der Waals surface area (Å²) >= 11 is 13.4. The average molecular weight is 273 g/mol. The highest BCUT2D eigenvalue weighted by atomic mass is 35.5. The maximum Gasteiger partial charge on any atom is 0.0838 e. The Morgan fingerprint density at radius 1 is 1.19 bits per heavy atom. The molecule has 1 aromatic heterocycles. The van der Waals surface area contributed by atoms with Crippen LogP contribution in [0.15, 0.2) is 35.7 Å². The molecule has 0 bridgehead atoms. The van der Waals surface area contributed by atoms with E-state index >= 15 is 0 Å². The van der Waals surface area contributed by atoms with Crippen LogP contribution in [0, 0.1) is 0 Å². The van der Waals surface area contributed by atoms with E-state index in [4.69, 9.17) is 23.2 Å². The Morgan fingerprint density at radius 2 is 2.00 bits per heavy atom. The van der Waals surface area contributed by atoms with Gasteiger partial charge >= 0.3 is 0 Å². The van der Waals surface area contributed by atoms with Crippen LogP contribution in [0.5, 0.6) is 0 Å². The third-order valence-corrected chi connectivity index (χ3v) is 3.94. The molecule has 0 aliphatic rings. The molecule has 0 spiro atoms. The lowest BCUT2D eigenvalue weighted by atomic mass is 10.1. The van der Waals surface area contributed by atoms with E-state index in [-0.39, 0.29) is 0 Å². The van der Waals surface area contributed by atoms with Crippen molar-refractivity contribution in [1.82, 2.24) is 0 Å². The zero-order valence-corrected chi connectivity index (χ0v) is 10.7. The highest BCUT2D eigenvalue weighted by Crippen LogP contribution is 2.27. The van der Waals surface area contributed by atoms with E-state index in [1.807, 2.05) is 17.5 Å². The van der Waals surface area contributed by atoms with Gasteiger partial charge in [0.1, 0.15) is 0 Å². The first kappa shape index (κ1) is 11.9. The fourth-order valence-electron chi connectivity index (χ4n) is 1.46. The summed E-state index contributed by atoms with van der Waals surface area (Å²) in [5.41, 5.74) is 0.794. The Balaban J connectivity index is 2.14. The molecule has 2 aromatic rings. The summed E-state index contributed by atoms with van der Waals surface area (Å²) in [6, 6.07) is 9.19. The van der Waals surface area contributed by atoms with E-state index in [2.05, 4.69) is 0 Å². The van der Waals surface area contributed by atoms with Crippen molar-refractivity contribution in [3.8, 4) is 0 Å². The highest BCUT2D eigenvalue weighted by Gasteiger charge is 2.10. The molecule has 4 heteroatoms. The van der Waals surface area contributed by atoms with Crippen molar-refractivity contribution < 1.29 is 5.11 Å². The first-order valence-corrected chi connectivity index (χ1v) is 6.46. The number of rotatable bonds is 3. The van der Waals surface area contributed by atoms with Crippen LogP contribution < -0.4 is 0 Å². The van der Waals surface area contributed by atoms with Crippen LogP contribution in [-0.2, 0) is 6.42 Å². The molecule has 1 aromatic carbocycles. The Bertz CT molecular complexity index is 468. The molecular weight excluding hydrogens is 263 g/mol. The quantitative estimate of drug-likeness (QED) is 0.882. The molecule has 1 heterocycles. The second kappa shape index (κ2) is 5.19. The maximum atomic E-state index is 10.0. The van der Waals surface area contributed by atoms with Gasteiger partial charge in [-0.1, -0.05) is 35.3 Å². The molecule has 2 rings (SSSR count). The molecule has 1 N–H and O–H groups in total. The molecule has 0 aliphatic heterocycles. The van der Waals surface area contributed by atoms with E-state index in [1.54, 1.807) is 29.5 Å². The Labute approximate surface area is 108 Å². The minimum absolute atomic E-state index is 0.476. The lowest BCUT2D eigenvalue weighted by Crippen LogP contribution is -2.00. The number of hydrogen-bond acceptors (Lipinski definition) is 2. The molecule has 0 fully saturated rings. The smallest absolute Gasteiger partial charge is 0.0838 e. The Kier molecular flexibility index (Phi) is 3.87. The molecule has 84 valence electrons. The molecule has 0 aliphatic carbocycles. The van der Waals surface area contributed by atoms with Crippen LogP contribution in [0.3, 0.4) is 0 Å². The fraction of sp³-hybridized carbons (Fsp3) is 0.167. The summed E-state index contributed by atoms with van der Waals surface area (Å²) in [5, 5.41) is 13.0. The molecule has 0 radical (unpaired) electrons. The lowest BCUT2D eigenvalue weighted by molar-refractivity contribution is 0.179. The van der Waals surface area contributed by atoms with Crippen molar-refractivity contribution in [3.63, 3.8) is 0 Å². The molecule has 0 saturated heterocycles. The van der Waals surface area contributed by atoms with Gasteiger partial charge in [-0.25, -0.2) is 0 Å². The number of halogens is 2. The minimum atomic E-state index is -0.534. The van der Waals surface area contributed by atoms with Gasteiger partial charge in [-0.05, 0) is 29.1 Å². The second-order valence-electron chi connectivity index (χ2n) is 3.47. The standard InChI is InChI=1S/C12H10Cl2OS/c13-10-4-3-8(6-11(10)14)12(15)7-9-2-1-5-16-9/h1-6,12,15H,7H2. The summed E-state index contributed by atoms with van der Waals surface area (Å²) in [5.74, 6) is 0. The van der Waals surface area contributed by atoms with Crippen LogP contribution in [0.1, 0.15) is 16.5 Å². The SMILES string of the molecule is OC(Cc1cccs1)c1ccc(Cl)c(Cl)c1. The molecule has 0 saturated carbocycles. The van der Waals surface area contributed by atoms with Gasteiger partial charge < -0.3 is 5.11 Å². The fourth-order valence-corrected chi connectivity index (χ4v) is 2.51. The van der Waals surface area contributed by atoms with Crippen LogP contribution in [0.4, 0.5) is 0 Å². The van der Waals surface area contributed by atoms with E-state index in [0.29, 0.717) is 16.5 Å². The zero-order chi connectivity index (χ0) is 11.5. The summed E-state index contributed by atoms with van der Waals surface area (Å²) < 4.78 is 0. The summed E-state index contributed by atoms with van der Waals surface area (Å²) in [4.78, 5) is 1.15. The Hall–Kier alpha value is -0.540. The van der Waals surface area contributed by atoms with Crippen molar-refractivity contribution in [2.24, 2.45) is 0 Å². The normalized spacial score (nSPS) is 12.7.